The first-order valence-corrected chi connectivity index (χ1v) is 9.12. The van der Waals surface area contributed by atoms with E-state index >= 15 is 0 Å². The van der Waals surface area contributed by atoms with Gasteiger partial charge in [0.15, 0.2) is 5.11 Å². The summed E-state index contributed by atoms with van der Waals surface area (Å²) in [5.74, 6) is -2.09. The number of anilines is 1. The number of thiocarbonyl (C=S) groups is 1. The van der Waals surface area contributed by atoms with Crippen LogP contribution in [0, 0.1) is 0 Å². The number of aryl methyl sites for hydroxylation is 1. The average Bonchev–Trinajstić information content (AvgIpc) is 2.91. The smallest absolute Gasteiger partial charge is 0.332 e. The van der Waals surface area contributed by atoms with Crippen LogP contribution in [0.3, 0.4) is 0 Å². The topological polar surface area (TPSA) is 62.2 Å². The average molecular weight is 411 g/mol. The van der Waals surface area contributed by atoms with Gasteiger partial charge in [0.2, 0.25) is 0 Å². The van der Waals surface area contributed by atoms with Gasteiger partial charge in [-0.25, -0.2) is 0 Å². The largest absolute Gasteiger partial charge is 0.471 e. The molecule has 0 aliphatic carbocycles. The van der Waals surface area contributed by atoms with E-state index in [9.17, 15) is 18.0 Å². The summed E-state index contributed by atoms with van der Waals surface area (Å²) in [4.78, 5) is 13.3. The Morgan fingerprint density at radius 2 is 1.96 bits per heavy atom. The lowest BCUT2D eigenvalue weighted by Gasteiger charge is -2.18. The minimum atomic E-state index is -4.97. The molecule has 2 aromatic rings. The van der Waals surface area contributed by atoms with Gasteiger partial charge < -0.3 is 5.32 Å². The van der Waals surface area contributed by atoms with E-state index in [0.29, 0.717) is 5.69 Å². The van der Waals surface area contributed by atoms with Crippen molar-refractivity contribution in [1.29, 1.82) is 0 Å². The number of nitrogens with one attached hydrogen (secondary N) is 2. The number of nitrogens with zero attached hydrogens (tertiary/aromatic N) is 3. The van der Waals surface area contributed by atoms with Crippen molar-refractivity contribution < 1.29 is 18.0 Å². The van der Waals surface area contributed by atoms with Crippen LogP contribution in [0.5, 0.6) is 0 Å². The zero-order valence-electron chi connectivity index (χ0n) is 15.2. The van der Waals surface area contributed by atoms with E-state index in [0.717, 1.165) is 43.6 Å². The first-order valence-electron chi connectivity index (χ1n) is 8.71. The molecule has 2 N–H and O–H groups in total. The number of hydrogen-bond acceptors (Lipinski definition) is 4. The normalized spacial score (nSPS) is 14.9. The second-order valence-electron chi connectivity index (χ2n) is 6.69. The first kappa shape index (κ1) is 20.3. The van der Waals surface area contributed by atoms with Gasteiger partial charge in [-0.05, 0) is 48.3 Å². The maximum Gasteiger partial charge on any atom is 0.471 e. The molecule has 6 nitrogen and oxygen atoms in total. The van der Waals surface area contributed by atoms with Gasteiger partial charge in [0, 0.05) is 44.1 Å². The molecule has 1 aliphatic rings. The van der Waals surface area contributed by atoms with E-state index in [-0.39, 0.29) is 5.11 Å². The summed E-state index contributed by atoms with van der Waals surface area (Å²) >= 11 is 4.80. The summed E-state index contributed by atoms with van der Waals surface area (Å²) < 4.78 is 38.7. The fraction of sp³-hybridized carbons (Fsp3) is 0.389. The highest BCUT2D eigenvalue weighted by atomic mass is 32.1. The number of amides is 1. The highest BCUT2D eigenvalue weighted by Gasteiger charge is 2.39. The Kier molecular flexibility index (Phi) is 5.99. The van der Waals surface area contributed by atoms with Crippen LogP contribution >= 0.6 is 12.2 Å². The minimum absolute atomic E-state index is 0.380. The van der Waals surface area contributed by atoms with Crippen molar-refractivity contribution in [1.82, 2.24) is 20.0 Å². The fourth-order valence-electron chi connectivity index (χ4n) is 3.16. The standard InChI is InChI=1S/C18H20F3N5OS/c1-25-10-12(9-22-25)11-26-6-4-13-2-3-15(8-14(13)5-7-26)23-17(28)24-16(27)18(19,20)21/h2-3,8-10H,4-7,11H2,1H3,(H2,23,24,27,28). The molecule has 3 rings (SSSR count). The van der Waals surface area contributed by atoms with Crippen molar-refractivity contribution in [3.8, 4) is 0 Å². The third-order valence-electron chi connectivity index (χ3n) is 4.51. The number of alkyl halides is 3. The van der Waals surface area contributed by atoms with Crippen LogP contribution in [0.1, 0.15) is 16.7 Å². The molecule has 0 radical (unpaired) electrons. The molecular weight excluding hydrogens is 391 g/mol. The predicted molar refractivity (Wildman–Crippen MR) is 103 cm³/mol. The van der Waals surface area contributed by atoms with E-state index < -0.39 is 12.1 Å². The Morgan fingerprint density at radius 1 is 1.25 bits per heavy atom. The summed E-state index contributed by atoms with van der Waals surface area (Å²) in [6.45, 7) is 2.59. The summed E-state index contributed by atoms with van der Waals surface area (Å²) in [5.41, 5.74) is 4.02. The zero-order valence-corrected chi connectivity index (χ0v) is 16.0. The molecule has 28 heavy (non-hydrogen) atoms. The SMILES string of the molecule is Cn1cc(CN2CCc3ccc(NC(=S)NC(=O)C(F)(F)F)cc3CC2)cn1. The van der Waals surface area contributed by atoms with Crippen molar-refractivity contribution in [2.75, 3.05) is 18.4 Å². The zero-order chi connectivity index (χ0) is 20.3. The molecule has 1 aliphatic heterocycles. The van der Waals surface area contributed by atoms with Gasteiger partial charge in [-0.1, -0.05) is 6.07 Å². The number of carbonyl (C=O) groups is 1. The molecular formula is C18H20F3N5OS. The van der Waals surface area contributed by atoms with E-state index in [2.05, 4.69) is 15.3 Å². The van der Waals surface area contributed by atoms with Crippen molar-refractivity contribution in [3.63, 3.8) is 0 Å². The van der Waals surface area contributed by atoms with Crippen molar-refractivity contribution in [3.05, 3.63) is 47.3 Å². The summed E-state index contributed by atoms with van der Waals surface area (Å²) in [7, 11) is 1.89. The summed E-state index contributed by atoms with van der Waals surface area (Å²) in [5, 5.41) is 8.09. The molecule has 0 atom stereocenters. The quantitative estimate of drug-likeness (QED) is 0.760. The molecule has 2 heterocycles. The van der Waals surface area contributed by atoms with Gasteiger partial charge in [0.1, 0.15) is 0 Å². The Balaban J connectivity index is 1.60. The Morgan fingerprint density at radius 3 is 2.61 bits per heavy atom. The second-order valence-corrected chi connectivity index (χ2v) is 7.10. The number of hydrogen-bond donors (Lipinski definition) is 2. The lowest BCUT2D eigenvalue weighted by molar-refractivity contribution is -0.171. The predicted octanol–water partition coefficient (Wildman–Crippen LogP) is 2.40. The van der Waals surface area contributed by atoms with Gasteiger partial charge >= 0.3 is 12.1 Å². The number of carbonyl (C=O) groups excluding carboxylic acids is 1. The number of rotatable bonds is 3. The molecule has 1 aromatic carbocycles. The maximum absolute atomic E-state index is 12.3. The Bertz CT molecular complexity index is 880. The molecule has 1 aromatic heterocycles. The number of aromatic nitrogens is 2. The van der Waals surface area contributed by atoms with Gasteiger partial charge in [-0.15, -0.1) is 0 Å². The van der Waals surface area contributed by atoms with E-state index in [1.165, 1.54) is 5.56 Å². The van der Waals surface area contributed by atoms with E-state index in [1.54, 1.807) is 16.1 Å². The summed E-state index contributed by atoms with van der Waals surface area (Å²) in [6, 6.07) is 5.57. The van der Waals surface area contributed by atoms with Gasteiger partial charge in [0.25, 0.3) is 0 Å². The van der Waals surface area contributed by atoms with E-state index in [1.807, 2.05) is 31.6 Å². The molecule has 1 amide bonds. The van der Waals surface area contributed by atoms with Crippen LogP contribution < -0.4 is 10.6 Å². The van der Waals surface area contributed by atoms with Crippen molar-refractivity contribution in [2.24, 2.45) is 7.05 Å². The molecule has 0 saturated heterocycles. The highest BCUT2D eigenvalue weighted by Crippen LogP contribution is 2.21. The Labute approximate surface area is 165 Å². The van der Waals surface area contributed by atoms with E-state index in [4.69, 9.17) is 12.2 Å². The van der Waals surface area contributed by atoms with Crippen LogP contribution in [0.25, 0.3) is 0 Å². The van der Waals surface area contributed by atoms with Gasteiger partial charge in [-0.2, -0.15) is 18.3 Å². The third-order valence-corrected chi connectivity index (χ3v) is 4.71. The molecule has 0 unspecified atom stereocenters. The van der Waals surface area contributed by atoms with Crippen LogP contribution in [0.2, 0.25) is 0 Å². The van der Waals surface area contributed by atoms with Crippen LogP contribution in [0.15, 0.2) is 30.6 Å². The molecule has 0 spiro atoms. The monoisotopic (exact) mass is 411 g/mol. The molecule has 0 saturated carbocycles. The maximum atomic E-state index is 12.3. The number of benzene rings is 1. The minimum Gasteiger partial charge on any atom is -0.332 e. The van der Waals surface area contributed by atoms with Crippen molar-refractivity contribution in [2.45, 2.75) is 25.6 Å². The molecule has 0 bridgehead atoms. The molecule has 0 fully saturated rings. The molecule has 10 heteroatoms. The fourth-order valence-corrected chi connectivity index (χ4v) is 3.37. The van der Waals surface area contributed by atoms with Crippen LogP contribution in [-0.4, -0.2) is 45.0 Å². The second kappa shape index (κ2) is 8.27. The van der Waals surface area contributed by atoms with Gasteiger partial charge in [0.05, 0.1) is 6.20 Å². The van der Waals surface area contributed by atoms with Gasteiger partial charge in [-0.3, -0.25) is 19.7 Å². The summed E-state index contributed by atoms with van der Waals surface area (Å²) in [6.07, 6.45) is 0.571. The lowest BCUT2D eigenvalue weighted by atomic mass is 10.0. The Hall–Kier alpha value is -2.46. The van der Waals surface area contributed by atoms with Crippen LogP contribution in [-0.2, 0) is 31.2 Å². The number of fused-ring (bicyclic) bond motifs is 1. The molecule has 150 valence electrons. The lowest BCUT2D eigenvalue weighted by Crippen LogP contribution is -2.42. The first-order chi connectivity index (χ1) is 13.2. The highest BCUT2D eigenvalue weighted by molar-refractivity contribution is 7.80. The third kappa shape index (κ3) is 5.29. The van der Waals surface area contributed by atoms with Crippen LogP contribution in [0.4, 0.5) is 18.9 Å². The van der Waals surface area contributed by atoms with Crippen molar-refractivity contribution >= 4 is 28.9 Å². The number of halogens is 3.